The van der Waals surface area contributed by atoms with Crippen molar-refractivity contribution in [2.24, 2.45) is 0 Å². The van der Waals surface area contributed by atoms with Crippen molar-refractivity contribution >= 4 is 17.5 Å². The minimum absolute atomic E-state index is 0.188. The average molecular weight is 466 g/mol. The number of amides is 1. The molecule has 1 aromatic carbocycles. The summed E-state index contributed by atoms with van der Waals surface area (Å²) in [7, 11) is 0. The summed E-state index contributed by atoms with van der Waals surface area (Å²) in [6.07, 6.45) is -1.47. The van der Waals surface area contributed by atoms with Crippen LogP contribution >= 0.6 is 11.6 Å². The number of halogens is 5. The molecule has 6 nitrogen and oxygen atoms in total. The largest absolute Gasteiger partial charge is 0.417 e. The predicted molar refractivity (Wildman–Crippen MR) is 106 cm³/mol. The number of benzene rings is 1. The molecule has 3 aromatic rings. The Balaban J connectivity index is 1.54. The molecule has 0 saturated carbocycles. The summed E-state index contributed by atoms with van der Waals surface area (Å²) in [6, 6.07) is 5.40. The van der Waals surface area contributed by atoms with Crippen molar-refractivity contribution in [3.63, 3.8) is 0 Å². The average Bonchev–Trinajstić information content (AvgIpc) is 3.16. The Hall–Kier alpha value is -3.01. The molecule has 1 amide bonds. The van der Waals surface area contributed by atoms with E-state index in [0.29, 0.717) is 36.7 Å². The highest BCUT2D eigenvalue weighted by molar-refractivity contribution is 6.34. The van der Waals surface area contributed by atoms with Crippen molar-refractivity contribution in [3.05, 3.63) is 64.3 Å². The first kappa shape index (κ1) is 20.9. The van der Waals surface area contributed by atoms with Crippen LogP contribution in [0.15, 0.2) is 36.5 Å². The summed E-state index contributed by atoms with van der Waals surface area (Å²) in [6.45, 7) is 0.357. The monoisotopic (exact) mass is 465 g/mol. The molecule has 0 aliphatic carbocycles. The number of alkyl halides is 3. The van der Waals surface area contributed by atoms with Crippen molar-refractivity contribution in [1.82, 2.24) is 24.6 Å². The van der Waals surface area contributed by atoms with Gasteiger partial charge in [0.15, 0.2) is 11.6 Å². The number of aromatic nitrogens is 4. The Morgan fingerprint density at radius 3 is 2.66 bits per heavy atom. The van der Waals surface area contributed by atoms with Crippen molar-refractivity contribution in [1.29, 1.82) is 0 Å². The second kappa shape index (κ2) is 7.54. The van der Waals surface area contributed by atoms with E-state index in [1.165, 1.54) is 24.3 Å². The molecule has 2 aliphatic rings. The molecule has 5 rings (SSSR count). The fourth-order valence-corrected chi connectivity index (χ4v) is 4.84. The third kappa shape index (κ3) is 3.33. The minimum Gasteiger partial charge on any atom is -0.324 e. The van der Waals surface area contributed by atoms with Gasteiger partial charge in [-0.1, -0.05) is 17.7 Å². The zero-order chi connectivity index (χ0) is 22.6. The van der Waals surface area contributed by atoms with E-state index in [-0.39, 0.29) is 11.6 Å². The van der Waals surface area contributed by atoms with Crippen molar-refractivity contribution in [2.45, 2.75) is 44.1 Å². The van der Waals surface area contributed by atoms with Gasteiger partial charge < -0.3 is 9.47 Å². The number of pyridine rings is 1. The molecule has 1 saturated heterocycles. The molecule has 32 heavy (non-hydrogen) atoms. The van der Waals surface area contributed by atoms with E-state index in [4.69, 9.17) is 11.6 Å². The van der Waals surface area contributed by atoms with Gasteiger partial charge >= 0.3 is 6.18 Å². The van der Waals surface area contributed by atoms with Gasteiger partial charge in [0.25, 0.3) is 5.91 Å². The lowest BCUT2D eigenvalue weighted by atomic mass is 9.90. The van der Waals surface area contributed by atoms with E-state index < -0.39 is 34.5 Å². The Morgan fingerprint density at radius 1 is 1.12 bits per heavy atom. The Morgan fingerprint density at radius 2 is 1.94 bits per heavy atom. The van der Waals surface area contributed by atoms with Gasteiger partial charge in [0, 0.05) is 6.54 Å². The maximum Gasteiger partial charge on any atom is 0.417 e. The highest BCUT2D eigenvalue weighted by Gasteiger charge is 2.44. The van der Waals surface area contributed by atoms with Crippen LogP contribution in [0.5, 0.6) is 0 Å². The number of fused-ring (bicyclic) bond motifs is 4. The van der Waals surface area contributed by atoms with Gasteiger partial charge in [0.05, 0.1) is 34.4 Å². The van der Waals surface area contributed by atoms with Gasteiger partial charge in [-0.3, -0.25) is 4.79 Å². The second-order valence-corrected chi connectivity index (χ2v) is 8.21. The van der Waals surface area contributed by atoms with Crippen LogP contribution in [0.25, 0.3) is 11.5 Å². The van der Waals surface area contributed by atoms with Crippen LogP contribution in [0.2, 0.25) is 5.02 Å². The van der Waals surface area contributed by atoms with Crippen LogP contribution in [0.1, 0.15) is 47.1 Å². The van der Waals surface area contributed by atoms with E-state index in [1.807, 2.05) is 4.57 Å². The third-order valence-corrected chi connectivity index (χ3v) is 6.35. The van der Waals surface area contributed by atoms with Gasteiger partial charge in [-0.15, -0.1) is 10.2 Å². The molecule has 2 aliphatic heterocycles. The maximum atomic E-state index is 13.4. The van der Waals surface area contributed by atoms with Crippen molar-refractivity contribution in [3.8, 4) is 11.5 Å². The third-order valence-electron chi connectivity index (χ3n) is 5.94. The molecule has 1 fully saturated rings. The first-order valence-electron chi connectivity index (χ1n) is 9.99. The number of rotatable bonds is 2. The van der Waals surface area contributed by atoms with E-state index in [0.717, 1.165) is 18.7 Å². The number of carbonyl (C=O) groups is 1. The van der Waals surface area contributed by atoms with Crippen LogP contribution in [-0.4, -0.2) is 36.6 Å². The van der Waals surface area contributed by atoms with Crippen LogP contribution in [0.4, 0.5) is 17.6 Å². The highest BCUT2D eigenvalue weighted by Crippen LogP contribution is 2.42. The molecule has 11 heteroatoms. The smallest absolute Gasteiger partial charge is 0.324 e. The minimum atomic E-state index is -4.66. The lowest BCUT2D eigenvalue weighted by Gasteiger charge is -2.45. The summed E-state index contributed by atoms with van der Waals surface area (Å²) in [5.41, 5.74) is -0.782. The molecular weight excluding hydrogens is 450 g/mol. The molecule has 2 bridgehead atoms. The number of carbonyl (C=O) groups excluding carboxylic acids is 1. The maximum absolute atomic E-state index is 13.4. The predicted octanol–water partition coefficient (Wildman–Crippen LogP) is 4.90. The molecule has 2 atom stereocenters. The quantitative estimate of drug-likeness (QED) is 0.505. The summed E-state index contributed by atoms with van der Waals surface area (Å²) in [5, 5.41) is 7.85. The Bertz CT molecular complexity index is 1190. The van der Waals surface area contributed by atoms with E-state index in [1.54, 1.807) is 4.90 Å². The molecule has 2 aromatic heterocycles. The number of nitrogens with zero attached hydrogens (tertiary/aromatic N) is 5. The lowest BCUT2D eigenvalue weighted by molar-refractivity contribution is -0.137. The summed E-state index contributed by atoms with van der Waals surface area (Å²) >= 11 is 6.02. The Kier molecular flexibility index (Phi) is 4.92. The molecule has 0 radical (unpaired) electrons. The summed E-state index contributed by atoms with van der Waals surface area (Å²) < 4.78 is 55.0. The Labute approximate surface area is 184 Å². The SMILES string of the molecule is O=C(c1cccc(C(F)(F)F)c1Cl)N1C2CCCC1c1nnc(-c3ccc(F)cn3)n1C2. The topological polar surface area (TPSA) is 63.9 Å². The van der Waals surface area contributed by atoms with Crippen molar-refractivity contribution < 1.29 is 22.4 Å². The molecule has 4 heterocycles. The van der Waals surface area contributed by atoms with Gasteiger partial charge in [-0.05, 0) is 43.5 Å². The molecule has 0 spiro atoms. The van der Waals surface area contributed by atoms with E-state index in [2.05, 4.69) is 15.2 Å². The molecule has 166 valence electrons. The number of hydrogen-bond donors (Lipinski definition) is 0. The van der Waals surface area contributed by atoms with Crippen LogP contribution in [0, 0.1) is 5.82 Å². The normalized spacial score (nSPS) is 20.2. The zero-order valence-electron chi connectivity index (χ0n) is 16.5. The number of hydrogen-bond acceptors (Lipinski definition) is 4. The summed E-state index contributed by atoms with van der Waals surface area (Å²) in [4.78, 5) is 19.0. The highest BCUT2D eigenvalue weighted by atomic mass is 35.5. The first-order chi connectivity index (χ1) is 15.3. The molecule has 0 N–H and O–H groups in total. The molecular formula is C21H16ClF4N5O. The standard InChI is InChI=1S/C21H16ClF4N5O/c22-17-13(4-2-5-14(17)21(24,25)26)20(32)31-12-3-1-6-16(31)19-29-28-18(30(19)10-12)15-8-7-11(23)9-27-15/h2,4-5,7-9,12,16H,1,3,6,10H2. The molecule has 2 unspecified atom stereocenters. The first-order valence-corrected chi connectivity index (χ1v) is 10.4. The van der Waals surface area contributed by atoms with Crippen LogP contribution < -0.4 is 0 Å². The zero-order valence-corrected chi connectivity index (χ0v) is 17.2. The van der Waals surface area contributed by atoms with Gasteiger partial charge in [-0.25, -0.2) is 9.37 Å². The van der Waals surface area contributed by atoms with Gasteiger partial charge in [-0.2, -0.15) is 13.2 Å². The number of piperidine rings is 1. The van der Waals surface area contributed by atoms with Gasteiger partial charge in [0.1, 0.15) is 11.5 Å². The van der Waals surface area contributed by atoms with E-state index in [9.17, 15) is 22.4 Å². The fraction of sp³-hybridized carbons (Fsp3) is 0.333. The second-order valence-electron chi connectivity index (χ2n) is 7.83. The van der Waals surface area contributed by atoms with Crippen LogP contribution in [-0.2, 0) is 12.7 Å². The van der Waals surface area contributed by atoms with Crippen LogP contribution in [0.3, 0.4) is 0 Å². The van der Waals surface area contributed by atoms with E-state index >= 15 is 0 Å². The summed E-state index contributed by atoms with van der Waals surface area (Å²) in [5.74, 6) is -0.0510. The van der Waals surface area contributed by atoms with Crippen molar-refractivity contribution in [2.75, 3.05) is 0 Å². The fourth-order valence-electron chi connectivity index (χ4n) is 4.52. The van der Waals surface area contributed by atoms with Gasteiger partial charge in [0.2, 0.25) is 0 Å². The lowest BCUT2D eigenvalue weighted by Crippen LogP contribution is -2.52.